The van der Waals surface area contributed by atoms with Crippen molar-refractivity contribution < 1.29 is 59.8 Å². The van der Waals surface area contributed by atoms with Crippen LogP contribution in [0.4, 0.5) is 10.5 Å². The SMILES string of the molecule is CCC(OC)C(C/C=C(\C)C(OC(N)=O)C(/C=C\C=C(/C)C(=O)Nc1cc(O)cc(CO)c1)OC)OC.[W]. The quantitative estimate of drug-likeness (QED) is 0.123. The number of rotatable bonds is 15. The second-order valence-corrected chi connectivity index (χ2v) is 8.43. The molecule has 11 heteroatoms. The van der Waals surface area contributed by atoms with Crippen LogP contribution >= 0.6 is 0 Å². The van der Waals surface area contributed by atoms with E-state index in [2.05, 4.69) is 5.32 Å². The second kappa shape index (κ2) is 18.7. The third kappa shape index (κ3) is 11.9. The number of hydrogen-bond donors (Lipinski definition) is 4. The molecule has 0 radical (unpaired) electrons. The summed E-state index contributed by atoms with van der Waals surface area (Å²) in [6, 6.07) is 4.35. The Morgan fingerprint density at radius 2 is 1.74 bits per heavy atom. The molecule has 0 aliphatic rings. The molecule has 1 aromatic rings. The zero-order chi connectivity index (χ0) is 28.0. The van der Waals surface area contributed by atoms with Gasteiger partial charge in [-0.25, -0.2) is 4.79 Å². The van der Waals surface area contributed by atoms with E-state index in [4.69, 9.17) is 24.7 Å². The van der Waals surface area contributed by atoms with Gasteiger partial charge < -0.3 is 40.2 Å². The topological polar surface area (TPSA) is 150 Å². The maximum atomic E-state index is 12.5. The summed E-state index contributed by atoms with van der Waals surface area (Å²) in [5, 5.41) is 21.7. The zero-order valence-electron chi connectivity index (χ0n) is 22.8. The number of allylic oxidation sites excluding steroid dienone is 2. The van der Waals surface area contributed by atoms with Crippen molar-refractivity contribution in [1.29, 1.82) is 0 Å². The number of hydrogen-bond acceptors (Lipinski definition) is 8. The Morgan fingerprint density at radius 3 is 2.26 bits per heavy atom. The molecule has 2 amide bonds. The fourth-order valence-electron chi connectivity index (χ4n) is 3.70. The molecule has 0 aliphatic carbocycles. The minimum absolute atomic E-state index is 0. The number of aromatic hydroxyl groups is 1. The predicted molar refractivity (Wildman–Crippen MR) is 141 cm³/mol. The Kier molecular flexibility index (Phi) is 17.5. The first-order valence-corrected chi connectivity index (χ1v) is 11.9. The molecule has 0 aromatic heterocycles. The van der Waals surface area contributed by atoms with Crippen LogP contribution < -0.4 is 11.1 Å². The van der Waals surface area contributed by atoms with Gasteiger partial charge >= 0.3 is 6.09 Å². The number of anilines is 1. The molecular formula is C27H40N2O8W. The van der Waals surface area contributed by atoms with Crippen molar-refractivity contribution in [2.45, 2.75) is 64.6 Å². The second-order valence-electron chi connectivity index (χ2n) is 8.43. The fraction of sp³-hybridized carbons (Fsp3) is 0.481. The number of aliphatic hydroxyl groups excluding tert-OH is 1. The van der Waals surface area contributed by atoms with E-state index in [1.807, 2.05) is 13.0 Å². The molecule has 0 bridgehead atoms. The van der Waals surface area contributed by atoms with Gasteiger partial charge in [-0.1, -0.05) is 31.2 Å². The van der Waals surface area contributed by atoms with E-state index in [0.717, 1.165) is 6.42 Å². The van der Waals surface area contributed by atoms with E-state index in [1.54, 1.807) is 52.4 Å². The fourth-order valence-corrected chi connectivity index (χ4v) is 3.70. The molecular weight excluding hydrogens is 664 g/mol. The average Bonchev–Trinajstić information content (AvgIpc) is 2.86. The molecule has 4 unspecified atom stereocenters. The third-order valence-corrected chi connectivity index (χ3v) is 5.78. The Balaban J connectivity index is 0.0000137. The smallest absolute Gasteiger partial charge is 0.405 e. The third-order valence-electron chi connectivity index (χ3n) is 5.78. The van der Waals surface area contributed by atoms with E-state index in [-0.39, 0.29) is 45.6 Å². The molecule has 0 spiro atoms. The van der Waals surface area contributed by atoms with Gasteiger partial charge in [0.1, 0.15) is 11.9 Å². The molecule has 0 aliphatic heterocycles. The van der Waals surface area contributed by atoms with E-state index in [1.165, 1.54) is 19.2 Å². The van der Waals surface area contributed by atoms with Gasteiger partial charge in [-0.05, 0) is 50.0 Å². The molecule has 1 rings (SSSR count). The maximum Gasteiger partial charge on any atom is 0.405 e. The van der Waals surface area contributed by atoms with Gasteiger partial charge in [-0.3, -0.25) is 4.79 Å². The molecule has 212 valence electrons. The number of phenolic OH excluding ortho intramolecular Hbond substituents is 1. The van der Waals surface area contributed by atoms with Crippen molar-refractivity contribution in [2.75, 3.05) is 26.6 Å². The number of nitrogens with one attached hydrogen (secondary N) is 1. The first kappa shape index (κ1) is 35.5. The molecule has 4 atom stereocenters. The van der Waals surface area contributed by atoms with Gasteiger partial charge in [-0.15, -0.1) is 0 Å². The van der Waals surface area contributed by atoms with Crippen LogP contribution in [0.3, 0.4) is 0 Å². The van der Waals surface area contributed by atoms with Gasteiger partial charge in [0.2, 0.25) is 0 Å². The number of aliphatic hydroxyl groups is 1. The van der Waals surface area contributed by atoms with Crippen LogP contribution in [0.5, 0.6) is 5.75 Å². The molecule has 38 heavy (non-hydrogen) atoms. The Morgan fingerprint density at radius 1 is 1.08 bits per heavy atom. The summed E-state index contributed by atoms with van der Waals surface area (Å²) in [5.41, 5.74) is 7.21. The van der Waals surface area contributed by atoms with E-state index < -0.39 is 24.2 Å². The molecule has 1 aromatic carbocycles. The van der Waals surface area contributed by atoms with Crippen LogP contribution in [-0.2, 0) is 51.4 Å². The zero-order valence-corrected chi connectivity index (χ0v) is 25.7. The molecule has 0 saturated carbocycles. The number of carbonyl (C=O) groups excluding carboxylic acids is 2. The monoisotopic (exact) mass is 704 g/mol. The number of carbonyl (C=O) groups is 2. The predicted octanol–water partition coefficient (Wildman–Crippen LogP) is 3.58. The Bertz CT molecular complexity index is 976. The first-order chi connectivity index (χ1) is 17.6. The number of ether oxygens (including phenoxy) is 4. The maximum absolute atomic E-state index is 12.5. The summed E-state index contributed by atoms with van der Waals surface area (Å²) in [7, 11) is 4.72. The summed E-state index contributed by atoms with van der Waals surface area (Å²) >= 11 is 0. The van der Waals surface area contributed by atoms with Crippen LogP contribution in [-0.4, -0.2) is 68.0 Å². The summed E-state index contributed by atoms with van der Waals surface area (Å²) in [4.78, 5) is 24.1. The molecule has 0 heterocycles. The number of benzene rings is 1. The van der Waals surface area contributed by atoms with Crippen molar-refractivity contribution in [2.24, 2.45) is 5.73 Å². The van der Waals surface area contributed by atoms with Gasteiger partial charge in [0.25, 0.3) is 5.91 Å². The Labute approximate surface area is 239 Å². The number of phenols is 1. The van der Waals surface area contributed by atoms with Crippen molar-refractivity contribution in [3.8, 4) is 5.75 Å². The van der Waals surface area contributed by atoms with Crippen LogP contribution in [0.1, 0.15) is 39.2 Å². The molecule has 10 nitrogen and oxygen atoms in total. The van der Waals surface area contributed by atoms with Gasteiger partial charge in [0, 0.05) is 59.7 Å². The van der Waals surface area contributed by atoms with E-state index >= 15 is 0 Å². The van der Waals surface area contributed by atoms with Gasteiger partial charge in [0.05, 0.1) is 18.8 Å². The number of amides is 2. The summed E-state index contributed by atoms with van der Waals surface area (Å²) < 4.78 is 21.9. The van der Waals surface area contributed by atoms with Crippen LogP contribution in [0, 0.1) is 0 Å². The van der Waals surface area contributed by atoms with E-state index in [9.17, 15) is 19.8 Å². The summed E-state index contributed by atoms with van der Waals surface area (Å²) in [5.74, 6) is -0.470. The molecule has 5 N–H and O–H groups in total. The van der Waals surface area contributed by atoms with Crippen molar-refractivity contribution >= 4 is 17.7 Å². The summed E-state index contributed by atoms with van der Waals surface area (Å²) in [6.45, 7) is 5.16. The number of primary amides is 1. The average molecular weight is 704 g/mol. The standard InChI is InChI=1S/C27H40N2O8.W/c1-7-22(34-4)23(35-5)12-11-17(2)25(37-27(28)33)24(36-6)10-8-9-18(3)26(32)29-20-13-19(16-30)14-21(31)15-20;/h8-11,13-15,22-25,30-31H,7,12,16H2,1-6H3,(H2,28,33)(H,29,32);/b10-8-,17-11+,18-9+;. The van der Waals surface area contributed by atoms with Crippen LogP contribution in [0.15, 0.2) is 53.6 Å². The van der Waals surface area contributed by atoms with Crippen molar-refractivity contribution in [3.05, 3.63) is 59.2 Å². The Hall–Kier alpha value is -2.49. The number of nitrogens with two attached hydrogens (primary N) is 1. The molecule has 0 fully saturated rings. The molecule has 0 saturated heterocycles. The van der Waals surface area contributed by atoms with E-state index in [0.29, 0.717) is 28.8 Å². The minimum atomic E-state index is -0.945. The van der Waals surface area contributed by atoms with Crippen molar-refractivity contribution in [3.63, 3.8) is 0 Å². The number of methoxy groups -OCH3 is 3. The van der Waals surface area contributed by atoms with Gasteiger partial charge in [-0.2, -0.15) is 0 Å². The minimum Gasteiger partial charge on any atom is -0.508 e. The largest absolute Gasteiger partial charge is 0.508 e. The normalized spacial score (nSPS) is 15.3. The van der Waals surface area contributed by atoms with Crippen molar-refractivity contribution in [1.82, 2.24) is 0 Å². The summed E-state index contributed by atoms with van der Waals surface area (Å²) in [6.07, 6.45) is 5.35. The first-order valence-electron chi connectivity index (χ1n) is 11.9. The van der Waals surface area contributed by atoms with Gasteiger partial charge in [0.15, 0.2) is 6.10 Å². The van der Waals surface area contributed by atoms with Crippen LogP contribution in [0.25, 0.3) is 0 Å². The van der Waals surface area contributed by atoms with Crippen LogP contribution in [0.2, 0.25) is 0 Å².